The monoisotopic (exact) mass is 353 g/mol. The van der Waals surface area contributed by atoms with Gasteiger partial charge in [-0.15, -0.1) is 0 Å². The summed E-state index contributed by atoms with van der Waals surface area (Å²) < 4.78 is 6.26. The van der Waals surface area contributed by atoms with Crippen LogP contribution < -0.4 is 15.4 Å². The van der Waals surface area contributed by atoms with Crippen LogP contribution in [0.5, 0.6) is 5.75 Å². The summed E-state index contributed by atoms with van der Waals surface area (Å²) >= 11 is 3.44. The molecule has 21 heavy (non-hydrogen) atoms. The molecule has 0 unspecified atom stereocenters. The fourth-order valence-corrected chi connectivity index (χ4v) is 2.09. The summed E-state index contributed by atoms with van der Waals surface area (Å²) in [7, 11) is 0. The van der Waals surface area contributed by atoms with Gasteiger partial charge in [0.1, 0.15) is 5.75 Å². The molecule has 0 spiro atoms. The molecule has 0 aromatic heterocycles. The van der Waals surface area contributed by atoms with Gasteiger partial charge in [-0.1, -0.05) is 19.9 Å². The normalized spacial score (nSPS) is 10.2. The Bertz CT molecular complexity index is 512. The topological polar surface area (TPSA) is 74.2 Å². The van der Waals surface area contributed by atoms with Gasteiger partial charge in [-0.05, 0) is 33.6 Å². The molecule has 0 aliphatic rings. The highest BCUT2D eigenvalue weighted by Crippen LogP contribution is 2.26. The third kappa shape index (κ3) is 7.11. The van der Waals surface area contributed by atoms with Crippen molar-refractivity contribution in [1.82, 2.24) is 10.6 Å². The van der Waals surface area contributed by atoms with E-state index in [1.54, 1.807) is 0 Å². The van der Waals surface area contributed by atoms with E-state index in [9.17, 15) is 4.79 Å². The van der Waals surface area contributed by atoms with E-state index in [4.69, 9.17) is 10.00 Å². The SMILES string of the molecule is CC(C)NCc1ccc(OCC(=O)NCCC#N)c(Br)c1. The largest absolute Gasteiger partial charge is 0.483 e. The number of carbonyl (C=O) groups excluding carboxylic acids is 1. The summed E-state index contributed by atoms with van der Waals surface area (Å²) in [5.41, 5.74) is 1.14. The summed E-state index contributed by atoms with van der Waals surface area (Å²) in [5, 5.41) is 14.3. The Morgan fingerprint density at radius 2 is 2.24 bits per heavy atom. The molecule has 5 nitrogen and oxygen atoms in total. The number of hydrogen-bond donors (Lipinski definition) is 2. The van der Waals surface area contributed by atoms with Crippen molar-refractivity contribution in [2.75, 3.05) is 13.2 Å². The van der Waals surface area contributed by atoms with E-state index in [0.717, 1.165) is 16.6 Å². The molecule has 0 bridgehead atoms. The standard InChI is InChI=1S/C15H20BrN3O2/c1-11(2)19-9-12-4-5-14(13(16)8-12)21-10-15(20)18-7-3-6-17/h4-5,8,11,19H,3,7,9-10H2,1-2H3,(H,18,20). The Balaban J connectivity index is 2.45. The second-order valence-electron chi connectivity index (χ2n) is 4.85. The van der Waals surface area contributed by atoms with Crippen LogP contribution in [0, 0.1) is 11.3 Å². The molecule has 1 amide bonds. The van der Waals surface area contributed by atoms with Crippen molar-refractivity contribution in [2.45, 2.75) is 32.9 Å². The molecule has 2 N–H and O–H groups in total. The van der Waals surface area contributed by atoms with E-state index < -0.39 is 0 Å². The smallest absolute Gasteiger partial charge is 0.257 e. The van der Waals surface area contributed by atoms with Crippen LogP contribution in [-0.2, 0) is 11.3 Å². The molecular formula is C15H20BrN3O2. The van der Waals surface area contributed by atoms with Crippen molar-refractivity contribution < 1.29 is 9.53 Å². The molecule has 0 heterocycles. The van der Waals surface area contributed by atoms with Crippen LogP contribution in [0.2, 0.25) is 0 Å². The Morgan fingerprint density at radius 1 is 1.48 bits per heavy atom. The van der Waals surface area contributed by atoms with Gasteiger partial charge < -0.3 is 15.4 Å². The van der Waals surface area contributed by atoms with Gasteiger partial charge >= 0.3 is 0 Å². The lowest BCUT2D eigenvalue weighted by Gasteiger charge is -2.11. The zero-order chi connectivity index (χ0) is 15.7. The highest BCUT2D eigenvalue weighted by Gasteiger charge is 2.06. The maximum atomic E-state index is 11.5. The molecule has 1 aromatic carbocycles. The summed E-state index contributed by atoms with van der Waals surface area (Å²) in [4.78, 5) is 11.5. The molecule has 0 aliphatic heterocycles. The van der Waals surface area contributed by atoms with Crippen LogP contribution in [0.25, 0.3) is 0 Å². The molecule has 0 radical (unpaired) electrons. The van der Waals surface area contributed by atoms with E-state index in [1.807, 2.05) is 24.3 Å². The molecule has 1 rings (SSSR count). The Morgan fingerprint density at radius 3 is 2.86 bits per heavy atom. The minimum absolute atomic E-state index is 0.0619. The molecule has 0 atom stereocenters. The van der Waals surface area contributed by atoms with Crippen LogP contribution in [0.15, 0.2) is 22.7 Å². The van der Waals surface area contributed by atoms with Gasteiger partial charge in [0, 0.05) is 19.1 Å². The fraction of sp³-hybridized carbons (Fsp3) is 0.467. The highest BCUT2D eigenvalue weighted by molar-refractivity contribution is 9.10. The molecule has 0 saturated heterocycles. The van der Waals surface area contributed by atoms with Crippen LogP contribution in [0.4, 0.5) is 0 Å². The van der Waals surface area contributed by atoms with Crippen molar-refractivity contribution in [3.05, 3.63) is 28.2 Å². The summed E-state index contributed by atoms with van der Waals surface area (Å²) in [6, 6.07) is 8.16. The molecule has 114 valence electrons. The van der Waals surface area contributed by atoms with Crippen molar-refractivity contribution >= 4 is 21.8 Å². The fourth-order valence-electron chi connectivity index (χ4n) is 1.55. The first kappa shape index (κ1) is 17.5. The minimum Gasteiger partial charge on any atom is -0.483 e. The third-order valence-electron chi connectivity index (χ3n) is 2.63. The first-order valence-electron chi connectivity index (χ1n) is 6.81. The second-order valence-corrected chi connectivity index (χ2v) is 5.70. The first-order valence-corrected chi connectivity index (χ1v) is 7.60. The molecule has 0 aliphatic carbocycles. The lowest BCUT2D eigenvalue weighted by atomic mass is 10.2. The van der Waals surface area contributed by atoms with Gasteiger partial charge in [0.15, 0.2) is 6.61 Å². The van der Waals surface area contributed by atoms with Gasteiger partial charge in [0.25, 0.3) is 5.91 Å². The average Bonchev–Trinajstić information content (AvgIpc) is 2.44. The maximum Gasteiger partial charge on any atom is 0.257 e. The highest BCUT2D eigenvalue weighted by atomic mass is 79.9. The maximum absolute atomic E-state index is 11.5. The zero-order valence-electron chi connectivity index (χ0n) is 12.3. The third-order valence-corrected chi connectivity index (χ3v) is 3.25. The number of rotatable bonds is 8. The predicted octanol–water partition coefficient (Wildman–Crippen LogP) is 2.36. The predicted molar refractivity (Wildman–Crippen MR) is 84.9 cm³/mol. The van der Waals surface area contributed by atoms with E-state index in [0.29, 0.717) is 24.8 Å². The van der Waals surface area contributed by atoms with Crippen LogP contribution in [-0.4, -0.2) is 25.1 Å². The van der Waals surface area contributed by atoms with Gasteiger partial charge in [-0.2, -0.15) is 5.26 Å². The lowest BCUT2D eigenvalue weighted by Crippen LogP contribution is -2.29. The van der Waals surface area contributed by atoms with E-state index in [1.165, 1.54) is 0 Å². The number of ether oxygens (including phenoxy) is 1. The van der Waals surface area contributed by atoms with Crippen LogP contribution in [0.3, 0.4) is 0 Å². The number of nitriles is 1. The molecular weight excluding hydrogens is 334 g/mol. The number of amides is 1. The van der Waals surface area contributed by atoms with Gasteiger partial charge in [-0.3, -0.25) is 4.79 Å². The second kappa shape index (κ2) is 9.37. The van der Waals surface area contributed by atoms with Crippen molar-refractivity contribution in [1.29, 1.82) is 5.26 Å². The number of nitrogens with zero attached hydrogens (tertiary/aromatic N) is 1. The quantitative estimate of drug-likeness (QED) is 0.703. The van der Waals surface area contributed by atoms with Crippen molar-refractivity contribution in [2.24, 2.45) is 0 Å². The number of benzene rings is 1. The van der Waals surface area contributed by atoms with E-state index in [2.05, 4.69) is 40.4 Å². The first-order chi connectivity index (χ1) is 10.0. The van der Waals surface area contributed by atoms with Crippen molar-refractivity contribution in [3.8, 4) is 11.8 Å². The van der Waals surface area contributed by atoms with Crippen LogP contribution in [0.1, 0.15) is 25.8 Å². The number of carbonyl (C=O) groups is 1. The minimum atomic E-state index is -0.234. The molecule has 0 fully saturated rings. The van der Waals surface area contributed by atoms with Crippen molar-refractivity contribution in [3.63, 3.8) is 0 Å². The van der Waals surface area contributed by atoms with Crippen LogP contribution >= 0.6 is 15.9 Å². The Hall–Kier alpha value is -1.58. The number of hydrogen-bond acceptors (Lipinski definition) is 4. The number of nitrogens with one attached hydrogen (secondary N) is 2. The van der Waals surface area contributed by atoms with Gasteiger partial charge in [-0.25, -0.2) is 0 Å². The Kier molecular flexibility index (Phi) is 7.80. The number of halogens is 1. The average molecular weight is 354 g/mol. The van der Waals surface area contributed by atoms with E-state index in [-0.39, 0.29) is 12.5 Å². The zero-order valence-corrected chi connectivity index (χ0v) is 13.9. The molecule has 6 heteroatoms. The van der Waals surface area contributed by atoms with E-state index >= 15 is 0 Å². The van der Waals surface area contributed by atoms with Gasteiger partial charge in [0.05, 0.1) is 17.0 Å². The molecule has 1 aromatic rings. The molecule has 0 saturated carbocycles. The summed E-state index contributed by atoms with van der Waals surface area (Å²) in [6.07, 6.45) is 0.299. The van der Waals surface area contributed by atoms with Gasteiger partial charge in [0.2, 0.25) is 0 Å². The summed E-state index contributed by atoms with van der Waals surface area (Å²) in [5.74, 6) is 0.390. The Labute approximate surface area is 133 Å². The lowest BCUT2D eigenvalue weighted by molar-refractivity contribution is -0.123. The summed E-state index contributed by atoms with van der Waals surface area (Å²) in [6.45, 7) is 5.26.